The number of aromatic amines is 1. The number of H-pyrrole nitrogens is 1. The van der Waals surface area contributed by atoms with Gasteiger partial charge in [0.05, 0.1) is 10.9 Å². The normalized spacial score (nSPS) is 15.9. The lowest BCUT2D eigenvalue weighted by Gasteiger charge is -2.16. The molecule has 1 aliphatic carbocycles. The van der Waals surface area contributed by atoms with Gasteiger partial charge in [0.15, 0.2) is 5.82 Å². The topological polar surface area (TPSA) is 95.1 Å². The Labute approximate surface area is 121 Å². The predicted octanol–water partition coefficient (Wildman–Crippen LogP) is 0.814. The van der Waals surface area contributed by atoms with Crippen LogP contribution in [0.15, 0.2) is 29.1 Å². The van der Waals surface area contributed by atoms with E-state index in [9.17, 15) is 9.59 Å². The molecule has 110 valence electrons. The first kappa shape index (κ1) is 13.8. The first-order valence-electron chi connectivity index (χ1n) is 7.10. The Bertz CT molecular complexity index is 721. The summed E-state index contributed by atoms with van der Waals surface area (Å²) in [6.45, 7) is 0.0309. The SMILES string of the molecule is O=C(NC(CCO)C1CC1)c1nc2ccccc2c(=O)[nH]1. The molecular formula is C15H17N3O3. The minimum absolute atomic E-state index is 0.0160. The molecule has 0 aliphatic heterocycles. The van der Waals surface area contributed by atoms with Crippen molar-refractivity contribution in [3.05, 3.63) is 40.4 Å². The highest BCUT2D eigenvalue weighted by Gasteiger charge is 2.32. The number of nitrogens with zero attached hydrogens (tertiary/aromatic N) is 1. The Morgan fingerprint density at radius 2 is 2.19 bits per heavy atom. The quantitative estimate of drug-likeness (QED) is 0.758. The number of aromatic nitrogens is 2. The smallest absolute Gasteiger partial charge is 0.287 e. The van der Waals surface area contributed by atoms with Crippen LogP contribution in [0.1, 0.15) is 29.9 Å². The fourth-order valence-corrected chi connectivity index (χ4v) is 2.49. The largest absolute Gasteiger partial charge is 0.396 e. The van der Waals surface area contributed by atoms with Gasteiger partial charge in [-0.25, -0.2) is 4.98 Å². The van der Waals surface area contributed by atoms with Crippen molar-refractivity contribution in [1.29, 1.82) is 0 Å². The van der Waals surface area contributed by atoms with Gasteiger partial charge in [-0.15, -0.1) is 0 Å². The number of carbonyl (C=O) groups excluding carboxylic acids is 1. The van der Waals surface area contributed by atoms with Gasteiger partial charge in [0, 0.05) is 12.6 Å². The molecule has 0 spiro atoms. The molecule has 21 heavy (non-hydrogen) atoms. The van der Waals surface area contributed by atoms with Crippen molar-refractivity contribution in [2.24, 2.45) is 5.92 Å². The van der Waals surface area contributed by atoms with Crippen LogP contribution in [-0.2, 0) is 0 Å². The molecule has 3 N–H and O–H groups in total. The Morgan fingerprint density at radius 1 is 1.43 bits per heavy atom. The summed E-state index contributed by atoms with van der Waals surface area (Å²) in [4.78, 5) is 30.9. The molecule has 1 fully saturated rings. The molecule has 0 radical (unpaired) electrons. The lowest BCUT2D eigenvalue weighted by molar-refractivity contribution is 0.0913. The second kappa shape index (κ2) is 5.65. The van der Waals surface area contributed by atoms with Crippen molar-refractivity contribution in [2.45, 2.75) is 25.3 Å². The zero-order valence-electron chi connectivity index (χ0n) is 11.5. The minimum atomic E-state index is -0.400. The fourth-order valence-electron chi connectivity index (χ4n) is 2.49. The third kappa shape index (κ3) is 2.95. The number of para-hydroxylation sites is 1. The van der Waals surface area contributed by atoms with E-state index < -0.39 is 5.91 Å². The van der Waals surface area contributed by atoms with Crippen LogP contribution in [0, 0.1) is 5.92 Å². The van der Waals surface area contributed by atoms with Crippen LogP contribution in [0.2, 0.25) is 0 Å². The maximum atomic E-state index is 12.2. The van der Waals surface area contributed by atoms with Gasteiger partial charge in [-0.1, -0.05) is 12.1 Å². The van der Waals surface area contributed by atoms with Crippen molar-refractivity contribution < 1.29 is 9.90 Å². The molecule has 1 heterocycles. The highest BCUT2D eigenvalue weighted by atomic mass is 16.3. The van der Waals surface area contributed by atoms with Gasteiger partial charge < -0.3 is 15.4 Å². The predicted molar refractivity (Wildman–Crippen MR) is 78.0 cm³/mol. The van der Waals surface area contributed by atoms with Crippen molar-refractivity contribution >= 4 is 16.8 Å². The summed E-state index contributed by atoms with van der Waals surface area (Å²) < 4.78 is 0. The van der Waals surface area contributed by atoms with Gasteiger partial charge in [0.1, 0.15) is 0 Å². The van der Waals surface area contributed by atoms with Gasteiger partial charge in [-0.2, -0.15) is 0 Å². The molecule has 1 aromatic carbocycles. The molecule has 1 unspecified atom stereocenters. The van der Waals surface area contributed by atoms with Gasteiger partial charge in [0.2, 0.25) is 0 Å². The molecule has 0 saturated heterocycles. The summed E-state index contributed by atoms with van der Waals surface area (Å²) in [5.41, 5.74) is 0.174. The van der Waals surface area contributed by atoms with E-state index in [-0.39, 0.29) is 24.0 Å². The molecule has 1 saturated carbocycles. The van der Waals surface area contributed by atoms with E-state index >= 15 is 0 Å². The summed E-state index contributed by atoms with van der Waals surface area (Å²) in [6, 6.07) is 6.84. The molecule has 0 bridgehead atoms. The Kier molecular flexibility index (Phi) is 3.70. The zero-order chi connectivity index (χ0) is 14.8. The highest BCUT2D eigenvalue weighted by Crippen LogP contribution is 2.33. The Balaban J connectivity index is 1.85. The van der Waals surface area contributed by atoms with Crippen LogP contribution >= 0.6 is 0 Å². The number of nitrogens with one attached hydrogen (secondary N) is 2. The van der Waals surface area contributed by atoms with Crippen molar-refractivity contribution in [3.63, 3.8) is 0 Å². The lowest BCUT2D eigenvalue weighted by Crippen LogP contribution is -2.38. The molecule has 3 rings (SSSR count). The lowest BCUT2D eigenvalue weighted by atomic mass is 10.1. The maximum absolute atomic E-state index is 12.2. The van der Waals surface area contributed by atoms with E-state index in [0.29, 0.717) is 23.2 Å². The van der Waals surface area contributed by atoms with E-state index in [1.165, 1.54) is 0 Å². The number of carbonyl (C=O) groups is 1. The van der Waals surface area contributed by atoms with Crippen LogP contribution in [0.25, 0.3) is 10.9 Å². The molecular weight excluding hydrogens is 270 g/mol. The molecule has 1 aliphatic rings. The first-order valence-corrected chi connectivity index (χ1v) is 7.10. The maximum Gasteiger partial charge on any atom is 0.287 e. The van der Waals surface area contributed by atoms with E-state index in [0.717, 1.165) is 12.8 Å². The molecule has 6 nitrogen and oxygen atoms in total. The van der Waals surface area contributed by atoms with Crippen LogP contribution in [0.3, 0.4) is 0 Å². The molecule has 2 aromatic rings. The Morgan fingerprint density at radius 3 is 2.90 bits per heavy atom. The highest BCUT2D eigenvalue weighted by molar-refractivity contribution is 5.92. The van der Waals surface area contributed by atoms with Crippen molar-refractivity contribution in [1.82, 2.24) is 15.3 Å². The van der Waals surface area contributed by atoms with Gasteiger partial charge in [-0.05, 0) is 37.3 Å². The van der Waals surface area contributed by atoms with Crippen LogP contribution in [0.4, 0.5) is 0 Å². The Hall–Kier alpha value is -2.21. The van der Waals surface area contributed by atoms with E-state index in [1.807, 2.05) is 0 Å². The van der Waals surface area contributed by atoms with E-state index in [4.69, 9.17) is 5.11 Å². The van der Waals surface area contributed by atoms with E-state index in [1.54, 1.807) is 24.3 Å². The summed E-state index contributed by atoms with van der Waals surface area (Å²) in [5.74, 6) is 0.0405. The second-order valence-electron chi connectivity index (χ2n) is 5.36. The number of hydrogen-bond donors (Lipinski definition) is 3. The summed E-state index contributed by atoms with van der Waals surface area (Å²) in [5, 5.41) is 12.4. The number of aliphatic hydroxyl groups is 1. The van der Waals surface area contributed by atoms with Gasteiger partial charge in [-0.3, -0.25) is 9.59 Å². The molecule has 1 amide bonds. The zero-order valence-corrected chi connectivity index (χ0v) is 11.5. The third-order valence-corrected chi connectivity index (χ3v) is 3.78. The standard InChI is InChI=1S/C15H17N3O3/c19-8-7-11(9-5-6-9)17-15(21)13-16-12-4-2-1-3-10(12)14(20)18-13/h1-4,9,11,19H,5-8H2,(H,17,21)(H,16,18,20). The number of benzene rings is 1. The average molecular weight is 287 g/mol. The molecule has 6 heteroatoms. The average Bonchev–Trinajstić information content (AvgIpc) is 3.31. The van der Waals surface area contributed by atoms with Gasteiger partial charge >= 0.3 is 0 Å². The second-order valence-corrected chi connectivity index (χ2v) is 5.36. The van der Waals surface area contributed by atoms with Crippen LogP contribution in [-0.4, -0.2) is 33.6 Å². The number of fused-ring (bicyclic) bond motifs is 1. The number of aliphatic hydroxyl groups excluding tert-OH is 1. The minimum Gasteiger partial charge on any atom is -0.396 e. The third-order valence-electron chi connectivity index (χ3n) is 3.78. The number of rotatable bonds is 5. The first-order chi connectivity index (χ1) is 10.2. The summed E-state index contributed by atoms with van der Waals surface area (Å²) >= 11 is 0. The van der Waals surface area contributed by atoms with E-state index in [2.05, 4.69) is 15.3 Å². The fraction of sp³-hybridized carbons (Fsp3) is 0.400. The van der Waals surface area contributed by atoms with Gasteiger partial charge in [0.25, 0.3) is 11.5 Å². The molecule has 1 aromatic heterocycles. The van der Waals surface area contributed by atoms with Crippen molar-refractivity contribution in [3.8, 4) is 0 Å². The van der Waals surface area contributed by atoms with Crippen LogP contribution in [0.5, 0.6) is 0 Å². The summed E-state index contributed by atoms with van der Waals surface area (Å²) in [6.07, 6.45) is 2.65. The molecule has 1 atom stereocenters. The monoisotopic (exact) mass is 287 g/mol. The van der Waals surface area contributed by atoms with Crippen LogP contribution < -0.4 is 10.9 Å². The number of amides is 1. The number of hydrogen-bond acceptors (Lipinski definition) is 4. The summed E-state index contributed by atoms with van der Waals surface area (Å²) in [7, 11) is 0. The van der Waals surface area contributed by atoms with Crippen molar-refractivity contribution in [2.75, 3.05) is 6.61 Å².